The van der Waals surface area contributed by atoms with Crippen LogP contribution in [0.15, 0.2) is 66.2 Å². The van der Waals surface area contributed by atoms with Crippen LogP contribution in [0.1, 0.15) is 83.1 Å². The number of hydrogen-bond acceptors (Lipinski definition) is 8. The number of carbonyl (C=O) groups excluding carboxylic acids is 4. The summed E-state index contributed by atoms with van der Waals surface area (Å²) in [6.07, 6.45) is 0. The Balaban J connectivity index is 1.67. The minimum atomic E-state index is -0.460. The highest BCUT2D eigenvalue weighted by atomic mass is 32.2. The van der Waals surface area contributed by atoms with E-state index in [0.29, 0.717) is 22.3 Å². The van der Waals surface area contributed by atoms with Gasteiger partial charge in [0.25, 0.3) is 0 Å². The molecule has 0 N–H and O–H groups in total. The van der Waals surface area contributed by atoms with Gasteiger partial charge in [-0.3, -0.25) is 19.2 Å². The first-order valence-electron chi connectivity index (χ1n) is 14.8. The molecule has 2 heterocycles. The van der Waals surface area contributed by atoms with Crippen LogP contribution in [0.3, 0.4) is 0 Å². The van der Waals surface area contributed by atoms with Crippen molar-refractivity contribution in [3.05, 3.63) is 76.6 Å². The van der Waals surface area contributed by atoms with Crippen LogP contribution in [-0.2, 0) is 19.2 Å². The average molecular weight is 665 g/mol. The minimum Gasteiger partial charge on any atom is -0.285 e. The summed E-state index contributed by atoms with van der Waals surface area (Å²) in [6, 6.07) is 8.35. The van der Waals surface area contributed by atoms with Gasteiger partial charge in [-0.15, -0.1) is 0 Å². The molecule has 2 saturated heterocycles. The van der Waals surface area contributed by atoms with Gasteiger partial charge in [0.1, 0.15) is 0 Å². The Hall–Kier alpha value is -2.00. The monoisotopic (exact) mass is 664 g/mol. The van der Waals surface area contributed by atoms with Crippen LogP contribution < -0.4 is 10.4 Å². The van der Waals surface area contributed by atoms with Gasteiger partial charge >= 0.3 is 0 Å². The molecule has 0 spiro atoms. The summed E-state index contributed by atoms with van der Waals surface area (Å²) >= 11 is 6.36. The number of hydrogen-bond donors (Lipinski definition) is 0. The SMILES string of the molecule is CC(C)(C)C1=C2SC(=c3ccc(=C4SC5=C(C(C)(C)C)C(=O)C(=O)C(C(C)(C)C)=C5S4)cc3)SC2=C(C(C)(C)C)C(=O)C1=O. The Morgan fingerprint density at radius 3 is 0.705 bits per heavy atom. The van der Waals surface area contributed by atoms with E-state index in [0.717, 1.165) is 38.5 Å². The zero-order valence-electron chi connectivity index (χ0n) is 27.6. The van der Waals surface area contributed by atoms with Crippen molar-refractivity contribution < 1.29 is 19.2 Å². The fraction of sp³-hybridized carbons (Fsp3) is 0.444. The molecule has 232 valence electrons. The highest BCUT2D eigenvalue weighted by Gasteiger charge is 2.47. The van der Waals surface area contributed by atoms with Gasteiger partial charge in [-0.25, -0.2) is 0 Å². The zero-order chi connectivity index (χ0) is 32.9. The molecule has 0 unspecified atom stereocenters. The highest BCUT2D eigenvalue weighted by Crippen LogP contribution is 2.62. The second-order valence-electron chi connectivity index (χ2n) is 15.7. The number of allylic oxidation sites excluding steroid dienone is 4. The van der Waals surface area contributed by atoms with Gasteiger partial charge in [0, 0.05) is 41.9 Å². The van der Waals surface area contributed by atoms with Crippen molar-refractivity contribution in [2.24, 2.45) is 21.7 Å². The predicted octanol–water partition coefficient (Wildman–Crippen LogP) is 8.28. The first-order valence-corrected chi connectivity index (χ1v) is 18.0. The fourth-order valence-electron chi connectivity index (χ4n) is 5.83. The standard InChI is InChI=1S/C36H40O4S4/c1-33(2,3)19-23(37)24(38)20(34(4,5)6)28-27(19)41-31(42-28)17-13-15-18(16-14-17)32-43-29-21(35(7,8)9)25(39)26(40)22(30(29)44-32)36(10,11)12/h13-16H,1-12H3. The Kier molecular flexibility index (Phi) is 8.18. The Labute approximate surface area is 277 Å². The van der Waals surface area contributed by atoms with Crippen molar-refractivity contribution in [2.75, 3.05) is 0 Å². The lowest BCUT2D eigenvalue weighted by Gasteiger charge is -2.32. The molecule has 0 bridgehead atoms. The Morgan fingerprint density at radius 2 is 0.545 bits per heavy atom. The molecule has 2 aliphatic carbocycles. The molecular weight excluding hydrogens is 625 g/mol. The first kappa shape index (κ1) is 33.4. The van der Waals surface area contributed by atoms with E-state index in [-0.39, 0.29) is 23.1 Å². The van der Waals surface area contributed by atoms with Gasteiger partial charge in [-0.05, 0) is 32.1 Å². The van der Waals surface area contributed by atoms with Crippen molar-refractivity contribution in [1.29, 1.82) is 0 Å². The number of Topliss-reactive ketones (excluding diaryl/α,β-unsaturated/α-hetero) is 4. The third-order valence-corrected chi connectivity index (χ3v) is 13.2. The van der Waals surface area contributed by atoms with E-state index in [1.807, 2.05) is 83.1 Å². The number of benzene rings is 1. The molecular formula is C36H40O4S4. The number of thioether (sulfide) groups is 4. The molecule has 0 amide bonds. The number of carbonyl (C=O) groups is 4. The molecule has 5 rings (SSSR count). The van der Waals surface area contributed by atoms with E-state index in [1.54, 1.807) is 47.0 Å². The summed E-state index contributed by atoms with van der Waals surface area (Å²) in [5.41, 5.74) is 0.553. The topological polar surface area (TPSA) is 68.3 Å². The molecule has 0 radical (unpaired) electrons. The minimum absolute atomic E-state index is 0.385. The van der Waals surface area contributed by atoms with E-state index >= 15 is 0 Å². The Bertz CT molecular complexity index is 1570. The number of fused-ring (bicyclic) bond motifs is 2. The van der Waals surface area contributed by atoms with Crippen LogP contribution in [-0.4, -0.2) is 23.1 Å². The Morgan fingerprint density at radius 1 is 0.364 bits per heavy atom. The van der Waals surface area contributed by atoms with Gasteiger partial charge in [0.05, 0.1) is 8.47 Å². The molecule has 0 saturated carbocycles. The summed E-state index contributed by atoms with van der Waals surface area (Å²) in [4.78, 5) is 57.2. The molecule has 4 nitrogen and oxygen atoms in total. The van der Waals surface area contributed by atoms with Crippen LogP contribution in [0.4, 0.5) is 0 Å². The molecule has 2 aliphatic heterocycles. The maximum atomic E-state index is 13.4. The predicted molar refractivity (Wildman–Crippen MR) is 189 cm³/mol. The summed E-state index contributed by atoms with van der Waals surface area (Å²) < 4.78 is 2.09. The van der Waals surface area contributed by atoms with Gasteiger partial charge in [-0.2, -0.15) is 0 Å². The van der Waals surface area contributed by atoms with Crippen molar-refractivity contribution >= 4 is 78.7 Å². The third-order valence-electron chi connectivity index (χ3n) is 7.78. The normalized spacial score (nSPS) is 20.5. The maximum Gasteiger partial charge on any atom is 0.230 e. The highest BCUT2D eigenvalue weighted by molar-refractivity contribution is 8.37. The first-order chi connectivity index (χ1) is 20.0. The number of ketones is 4. The second kappa shape index (κ2) is 10.8. The van der Waals surface area contributed by atoms with Gasteiger partial charge < -0.3 is 0 Å². The number of rotatable bonds is 0. The summed E-state index contributed by atoms with van der Waals surface area (Å²) in [5, 5.41) is 2.06. The van der Waals surface area contributed by atoms with Crippen molar-refractivity contribution in [2.45, 2.75) is 83.1 Å². The smallest absolute Gasteiger partial charge is 0.230 e. The molecule has 44 heavy (non-hydrogen) atoms. The van der Waals surface area contributed by atoms with Crippen molar-refractivity contribution in [1.82, 2.24) is 0 Å². The molecule has 1 aromatic rings. The molecule has 1 aromatic carbocycles. The van der Waals surface area contributed by atoms with E-state index < -0.39 is 21.7 Å². The maximum absolute atomic E-state index is 13.4. The van der Waals surface area contributed by atoms with Crippen LogP contribution in [0.25, 0.3) is 8.47 Å². The lowest BCUT2D eigenvalue weighted by molar-refractivity contribution is -0.133. The van der Waals surface area contributed by atoms with Crippen LogP contribution in [0.5, 0.6) is 0 Å². The zero-order valence-corrected chi connectivity index (χ0v) is 30.8. The lowest BCUT2D eigenvalue weighted by Crippen LogP contribution is -2.34. The largest absolute Gasteiger partial charge is 0.285 e. The lowest BCUT2D eigenvalue weighted by atomic mass is 9.73. The second-order valence-corrected chi connectivity index (χ2v) is 20.3. The fourth-order valence-corrected chi connectivity index (χ4v) is 12.2. The molecule has 4 aliphatic rings. The van der Waals surface area contributed by atoms with Gasteiger partial charge in [0.15, 0.2) is 0 Å². The van der Waals surface area contributed by atoms with Crippen molar-refractivity contribution in [3.63, 3.8) is 0 Å². The average Bonchev–Trinajstić information content (AvgIpc) is 3.46. The quantitative estimate of drug-likeness (QED) is 0.203. The molecule has 8 heteroatoms. The molecule has 0 atom stereocenters. The van der Waals surface area contributed by atoms with Gasteiger partial charge in [-0.1, -0.05) is 154 Å². The third kappa shape index (κ3) is 5.62. The van der Waals surface area contributed by atoms with E-state index in [2.05, 4.69) is 24.3 Å². The van der Waals surface area contributed by atoms with E-state index in [9.17, 15) is 19.2 Å². The summed E-state index contributed by atoms with van der Waals surface area (Å²) in [7, 11) is 0. The summed E-state index contributed by atoms with van der Waals surface area (Å²) in [5.74, 6) is -1.54. The molecule has 2 fully saturated rings. The van der Waals surface area contributed by atoms with E-state index in [1.165, 1.54) is 0 Å². The van der Waals surface area contributed by atoms with Crippen LogP contribution in [0, 0.1) is 21.7 Å². The van der Waals surface area contributed by atoms with Crippen LogP contribution >= 0.6 is 47.0 Å². The van der Waals surface area contributed by atoms with Gasteiger partial charge in [0.2, 0.25) is 23.1 Å². The van der Waals surface area contributed by atoms with E-state index in [4.69, 9.17) is 0 Å². The summed E-state index contributed by atoms with van der Waals surface area (Å²) in [6.45, 7) is 23.9. The van der Waals surface area contributed by atoms with Crippen molar-refractivity contribution in [3.8, 4) is 0 Å². The molecule has 0 aromatic heterocycles. The van der Waals surface area contributed by atoms with Crippen LogP contribution in [0.2, 0.25) is 0 Å².